The Kier molecular flexibility index (Phi) is 6.14. The summed E-state index contributed by atoms with van der Waals surface area (Å²) < 4.78 is 5.97. The lowest BCUT2D eigenvalue weighted by molar-refractivity contribution is -0.0483. The first-order valence-electron chi connectivity index (χ1n) is 8.85. The van der Waals surface area contributed by atoms with Gasteiger partial charge in [0.1, 0.15) is 0 Å². The van der Waals surface area contributed by atoms with Gasteiger partial charge in [-0.2, -0.15) is 0 Å². The first kappa shape index (κ1) is 17.6. The third kappa shape index (κ3) is 4.87. The molecule has 1 aliphatic rings. The van der Waals surface area contributed by atoms with Crippen LogP contribution in [0.2, 0.25) is 0 Å². The van der Waals surface area contributed by atoms with Crippen molar-refractivity contribution in [2.45, 2.75) is 32.0 Å². The summed E-state index contributed by atoms with van der Waals surface area (Å²) in [4.78, 5) is 18.8. The third-order valence-electron chi connectivity index (χ3n) is 4.57. The van der Waals surface area contributed by atoms with Crippen molar-refractivity contribution in [1.29, 1.82) is 0 Å². The number of pyridine rings is 1. The van der Waals surface area contributed by atoms with Gasteiger partial charge >= 0.3 is 0 Å². The molecule has 1 aromatic carbocycles. The molecule has 1 N–H and O–H groups in total. The molecule has 0 unspecified atom stereocenters. The summed E-state index contributed by atoms with van der Waals surface area (Å²) in [7, 11) is 0. The van der Waals surface area contributed by atoms with Gasteiger partial charge in [-0.15, -0.1) is 0 Å². The Balaban J connectivity index is 1.59. The monoisotopic (exact) mass is 339 g/mol. The summed E-state index contributed by atoms with van der Waals surface area (Å²) in [6.07, 6.45) is 4.11. The number of hydrogen-bond donors (Lipinski definition) is 1. The summed E-state index contributed by atoms with van der Waals surface area (Å²) in [5.74, 6) is -0.0713. The molecule has 2 atom stereocenters. The van der Waals surface area contributed by atoms with Crippen LogP contribution in [0.3, 0.4) is 0 Å². The second-order valence-electron chi connectivity index (χ2n) is 6.35. The van der Waals surface area contributed by atoms with E-state index in [1.54, 1.807) is 24.5 Å². The lowest BCUT2D eigenvalue weighted by atomic mass is 10.0. The van der Waals surface area contributed by atoms with Crippen molar-refractivity contribution in [3.63, 3.8) is 0 Å². The van der Waals surface area contributed by atoms with Crippen LogP contribution in [-0.2, 0) is 11.3 Å². The number of nitrogens with zero attached hydrogens (tertiary/aromatic N) is 2. The van der Waals surface area contributed by atoms with E-state index >= 15 is 0 Å². The van der Waals surface area contributed by atoms with Crippen molar-refractivity contribution in [3.8, 4) is 0 Å². The molecular formula is C20H25N3O2. The second kappa shape index (κ2) is 8.74. The standard InChI is InChI=1S/C20H25N3O2/c1-2-18(22-20(24)17-8-10-21-11-9-17)19-15-23(12-13-25-19)14-16-6-4-3-5-7-16/h3-11,18-19H,2,12-15H2,1H3,(H,22,24)/t18-,19-/m0/s1. The summed E-state index contributed by atoms with van der Waals surface area (Å²) in [5.41, 5.74) is 1.93. The van der Waals surface area contributed by atoms with Gasteiger partial charge in [0.25, 0.3) is 5.91 Å². The molecule has 2 aromatic rings. The molecule has 0 aliphatic carbocycles. The van der Waals surface area contributed by atoms with Crippen molar-refractivity contribution in [2.75, 3.05) is 19.7 Å². The molecule has 1 aliphatic heterocycles. The summed E-state index contributed by atoms with van der Waals surface area (Å²) >= 11 is 0. The molecule has 132 valence electrons. The predicted molar refractivity (Wildman–Crippen MR) is 97.2 cm³/mol. The molecule has 1 saturated heterocycles. The number of ether oxygens (including phenoxy) is 1. The van der Waals surface area contributed by atoms with Gasteiger partial charge in [0.15, 0.2) is 0 Å². The number of aromatic nitrogens is 1. The Bertz CT molecular complexity index is 663. The number of amides is 1. The summed E-state index contributed by atoms with van der Waals surface area (Å²) in [6, 6.07) is 13.9. The minimum absolute atomic E-state index is 0.000705. The number of benzene rings is 1. The van der Waals surface area contributed by atoms with Gasteiger partial charge in [0.05, 0.1) is 18.8 Å². The molecule has 0 bridgehead atoms. The number of hydrogen-bond acceptors (Lipinski definition) is 4. The molecule has 0 spiro atoms. The molecule has 2 heterocycles. The van der Waals surface area contributed by atoms with Gasteiger partial charge in [-0.25, -0.2) is 0 Å². The minimum atomic E-state index is -0.0713. The Labute approximate surface area is 149 Å². The number of carbonyl (C=O) groups is 1. The highest BCUT2D eigenvalue weighted by atomic mass is 16.5. The zero-order valence-corrected chi connectivity index (χ0v) is 14.6. The van der Waals surface area contributed by atoms with Gasteiger partial charge in [-0.1, -0.05) is 37.3 Å². The fourth-order valence-corrected chi connectivity index (χ4v) is 3.17. The van der Waals surface area contributed by atoms with Crippen LogP contribution >= 0.6 is 0 Å². The zero-order chi connectivity index (χ0) is 17.5. The Morgan fingerprint density at radius 1 is 1.28 bits per heavy atom. The molecule has 1 aromatic heterocycles. The highest BCUT2D eigenvalue weighted by molar-refractivity contribution is 5.94. The maximum absolute atomic E-state index is 12.4. The maximum Gasteiger partial charge on any atom is 0.251 e. The molecule has 1 fully saturated rings. The molecule has 1 amide bonds. The largest absolute Gasteiger partial charge is 0.373 e. The van der Waals surface area contributed by atoms with E-state index in [1.807, 2.05) is 6.07 Å². The Morgan fingerprint density at radius 3 is 2.76 bits per heavy atom. The van der Waals surface area contributed by atoms with Crippen LogP contribution in [0.5, 0.6) is 0 Å². The van der Waals surface area contributed by atoms with E-state index in [4.69, 9.17) is 4.74 Å². The van der Waals surface area contributed by atoms with E-state index in [0.717, 1.165) is 26.1 Å². The van der Waals surface area contributed by atoms with Crippen molar-refractivity contribution in [2.24, 2.45) is 0 Å². The van der Waals surface area contributed by atoms with Crippen LogP contribution in [0.25, 0.3) is 0 Å². The smallest absolute Gasteiger partial charge is 0.251 e. The fourth-order valence-electron chi connectivity index (χ4n) is 3.17. The highest BCUT2D eigenvalue weighted by Gasteiger charge is 2.28. The quantitative estimate of drug-likeness (QED) is 0.878. The first-order chi connectivity index (χ1) is 12.3. The number of morpholine rings is 1. The number of rotatable bonds is 6. The van der Waals surface area contributed by atoms with Gasteiger partial charge in [0, 0.05) is 37.6 Å². The van der Waals surface area contributed by atoms with Gasteiger partial charge in [0.2, 0.25) is 0 Å². The topological polar surface area (TPSA) is 54.5 Å². The van der Waals surface area contributed by atoms with Crippen LogP contribution in [0.15, 0.2) is 54.9 Å². The highest BCUT2D eigenvalue weighted by Crippen LogP contribution is 2.15. The van der Waals surface area contributed by atoms with E-state index in [9.17, 15) is 4.79 Å². The van der Waals surface area contributed by atoms with E-state index in [-0.39, 0.29) is 18.1 Å². The number of carbonyl (C=O) groups excluding carboxylic acids is 1. The van der Waals surface area contributed by atoms with Gasteiger partial charge in [-0.05, 0) is 24.1 Å². The lowest BCUT2D eigenvalue weighted by Gasteiger charge is -2.37. The van der Waals surface area contributed by atoms with Gasteiger partial charge < -0.3 is 10.1 Å². The average Bonchev–Trinajstić information content (AvgIpc) is 2.67. The Hall–Kier alpha value is -2.24. The van der Waals surface area contributed by atoms with Crippen molar-refractivity contribution in [1.82, 2.24) is 15.2 Å². The molecular weight excluding hydrogens is 314 g/mol. The zero-order valence-electron chi connectivity index (χ0n) is 14.6. The van der Waals surface area contributed by atoms with Crippen molar-refractivity contribution >= 4 is 5.91 Å². The normalized spacial score (nSPS) is 19.3. The first-order valence-corrected chi connectivity index (χ1v) is 8.85. The molecule has 0 radical (unpaired) electrons. The van der Waals surface area contributed by atoms with Crippen LogP contribution in [-0.4, -0.2) is 47.6 Å². The van der Waals surface area contributed by atoms with Gasteiger partial charge in [-0.3, -0.25) is 14.7 Å². The molecule has 0 saturated carbocycles. The fraction of sp³-hybridized carbons (Fsp3) is 0.400. The summed E-state index contributed by atoms with van der Waals surface area (Å²) in [6.45, 7) is 5.43. The second-order valence-corrected chi connectivity index (χ2v) is 6.35. The SMILES string of the molecule is CC[C@H](NC(=O)c1ccncc1)[C@@H]1CN(Cc2ccccc2)CCO1. The lowest BCUT2D eigenvalue weighted by Crippen LogP contribution is -2.53. The molecule has 5 heteroatoms. The van der Waals surface area contributed by atoms with E-state index < -0.39 is 0 Å². The Morgan fingerprint density at radius 2 is 2.04 bits per heavy atom. The molecule has 3 rings (SSSR count). The van der Waals surface area contributed by atoms with E-state index in [1.165, 1.54) is 5.56 Å². The third-order valence-corrected chi connectivity index (χ3v) is 4.57. The molecule has 5 nitrogen and oxygen atoms in total. The maximum atomic E-state index is 12.4. The number of nitrogens with one attached hydrogen (secondary N) is 1. The minimum Gasteiger partial charge on any atom is -0.373 e. The van der Waals surface area contributed by atoms with Crippen molar-refractivity contribution in [3.05, 3.63) is 66.0 Å². The van der Waals surface area contributed by atoms with Crippen LogP contribution in [0.1, 0.15) is 29.3 Å². The van der Waals surface area contributed by atoms with Crippen LogP contribution in [0.4, 0.5) is 0 Å². The summed E-state index contributed by atoms with van der Waals surface area (Å²) in [5, 5.41) is 3.12. The van der Waals surface area contributed by atoms with Crippen molar-refractivity contribution < 1.29 is 9.53 Å². The van der Waals surface area contributed by atoms with E-state index in [2.05, 4.69) is 46.4 Å². The van der Waals surface area contributed by atoms with Crippen LogP contribution in [0, 0.1) is 0 Å². The average molecular weight is 339 g/mol. The molecule has 25 heavy (non-hydrogen) atoms. The predicted octanol–water partition coefficient (Wildman–Crippen LogP) is 2.49. The van der Waals surface area contributed by atoms with E-state index in [0.29, 0.717) is 12.2 Å². The van der Waals surface area contributed by atoms with Crippen LogP contribution < -0.4 is 5.32 Å².